The van der Waals surface area contributed by atoms with Gasteiger partial charge in [-0.15, -0.1) is 0 Å². The molecule has 3 rings (SSSR count). The molecule has 1 fully saturated rings. The Hall–Kier alpha value is -1.98. The van der Waals surface area contributed by atoms with Crippen molar-refractivity contribution < 1.29 is 4.79 Å². The number of hydrogen-bond donors (Lipinski definition) is 2. The maximum absolute atomic E-state index is 12.6. The van der Waals surface area contributed by atoms with Crippen LogP contribution in [0.25, 0.3) is 0 Å². The number of thioether (sulfide) groups is 1. The number of nitrogens with two attached hydrogens (primary N) is 1. The van der Waals surface area contributed by atoms with E-state index in [4.69, 9.17) is 5.73 Å². The lowest BCUT2D eigenvalue weighted by Gasteiger charge is -2.27. The number of carbonyl (C=O) groups excluding carboxylic acids is 1. The van der Waals surface area contributed by atoms with E-state index in [1.165, 1.54) is 11.5 Å². The number of nitrogens with zero attached hydrogens (tertiary/aromatic N) is 1. The number of anilines is 2. The molecule has 1 heterocycles. The summed E-state index contributed by atoms with van der Waals surface area (Å²) in [6, 6.07) is 13.5. The average Bonchev–Trinajstić information content (AvgIpc) is 2.59. The van der Waals surface area contributed by atoms with Gasteiger partial charge in [-0.2, -0.15) is 11.8 Å². The van der Waals surface area contributed by atoms with Crippen molar-refractivity contribution in [1.82, 2.24) is 4.90 Å². The highest BCUT2D eigenvalue weighted by atomic mass is 32.2. The van der Waals surface area contributed by atoms with Crippen LogP contribution in [0.2, 0.25) is 0 Å². The minimum atomic E-state index is -0.110. The zero-order chi connectivity index (χ0) is 16.9. The van der Waals surface area contributed by atoms with Gasteiger partial charge in [-0.25, -0.2) is 0 Å². The van der Waals surface area contributed by atoms with Crippen molar-refractivity contribution in [1.29, 1.82) is 0 Å². The number of nitrogens with one attached hydrogen (secondary N) is 1. The molecule has 1 aliphatic rings. The first-order chi connectivity index (χ1) is 11.6. The number of nitrogen functional groups attached to an aromatic ring is 1. The second-order valence-corrected chi connectivity index (χ2v) is 7.30. The first-order valence-corrected chi connectivity index (χ1v) is 9.34. The van der Waals surface area contributed by atoms with Gasteiger partial charge >= 0.3 is 0 Å². The highest BCUT2D eigenvalue weighted by Crippen LogP contribution is 2.21. The summed E-state index contributed by atoms with van der Waals surface area (Å²) in [5.41, 5.74) is 10.0. The number of carbonyl (C=O) groups is 1. The summed E-state index contributed by atoms with van der Waals surface area (Å²) in [5, 5.41) is 3.06. The molecule has 5 heteroatoms. The lowest BCUT2D eigenvalue weighted by molar-refractivity contribution is 0.102. The minimum absolute atomic E-state index is 0.110. The molecule has 0 spiro atoms. The fourth-order valence-corrected chi connectivity index (χ4v) is 3.83. The number of hydrogen-bond acceptors (Lipinski definition) is 4. The smallest absolute Gasteiger partial charge is 0.256 e. The fraction of sp³-hybridized carbons (Fsp3) is 0.316. The second kappa shape index (κ2) is 7.73. The summed E-state index contributed by atoms with van der Waals surface area (Å²) in [7, 11) is 0. The van der Waals surface area contributed by atoms with Crippen LogP contribution in [0.4, 0.5) is 11.4 Å². The topological polar surface area (TPSA) is 58.4 Å². The third-order valence-corrected chi connectivity index (χ3v) is 5.21. The van der Waals surface area contributed by atoms with Crippen molar-refractivity contribution in [3.8, 4) is 0 Å². The summed E-state index contributed by atoms with van der Waals surface area (Å²) >= 11 is 2.00. The molecule has 2 aromatic carbocycles. The fourth-order valence-electron chi connectivity index (χ4n) is 2.85. The van der Waals surface area contributed by atoms with Crippen LogP contribution >= 0.6 is 11.8 Å². The number of rotatable bonds is 4. The van der Waals surface area contributed by atoms with Crippen molar-refractivity contribution in [3.63, 3.8) is 0 Å². The van der Waals surface area contributed by atoms with Crippen LogP contribution in [0, 0.1) is 6.92 Å². The Bertz CT molecular complexity index is 726. The maximum atomic E-state index is 12.6. The van der Waals surface area contributed by atoms with Gasteiger partial charge in [-0.3, -0.25) is 9.69 Å². The van der Waals surface area contributed by atoms with Gasteiger partial charge in [0, 0.05) is 48.1 Å². The number of amides is 1. The Morgan fingerprint density at radius 1 is 1.21 bits per heavy atom. The Balaban J connectivity index is 1.77. The largest absolute Gasteiger partial charge is 0.399 e. The van der Waals surface area contributed by atoms with Crippen molar-refractivity contribution >= 4 is 29.0 Å². The van der Waals surface area contributed by atoms with E-state index in [1.54, 1.807) is 6.07 Å². The van der Waals surface area contributed by atoms with Crippen molar-refractivity contribution in [3.05, 3.63) is 59.2 Å². The first kappa shape index (κ1) is 16.9. The van der Waals surface area contributed by atoms with E-state index in [2.05, 4.69) is 16.3 Å². The number of para-hydroxylation sites is 1. The van der Waals surface area contributed by atoms with Crippen LogP contribution in [0.5, 0.6) is 0 Å². The molecular formula is C19H23N3OS. The molecule has 2 aromatic rings. The summed E-state index contributed by atoms with van der Waals surface area (Å²) in [4.78, 5) is 15.1. The molecule has 0 saturated carbocycles. The standard InChI is InChI=1S/C19H23N3OS/c1-14-6-7-16(20)12-17(14)19(23)21-18-5-3-2-4-15(18)13-22-8-10-24-11-9-22/h2-7,12H,8-11,13,20H2,1H3,(H,21,23). The summed E-state index contributed by atoms with van der Waals surface area (Å²) < 4.78 is 0. The van der Waals surface area contributed by atoms with Gasteiger partial charge in [0.1, 0.15) is 0 Å². The third-order valence-electron chi connectivity index (χ3n) is 4.27. The van der Waals surface area contributed by atoms with Crippen LogP contribution in [-0.2, 0) is 6.54 Å². The molecule has 24 heavy (non-hydrogen) atoms. The van der Waals surface area contributed by atoms with Crippen LogP contribution in [0.1, 0.15) is 21.5 Å². The quantitative estimate of drug-likeness (QED) is 0.837. The van der Waals surface area contributed by atoms with Crippen LogP contribution < -0.4 is 11.1 Å². The Labute approximate surface area is 147 Å². The van der Waals surface area contributed by atoms with Crippen LogP contribution in [0.15, 0.2) is 42.5 Å². The van der Waals surface area contributed by atoms with E-state index in [-0.39, 0.29) is 5.91 Å². The molecule has 126 valence electrons. The first-order valence-electron chi connectivity index (χ1n) is 8.19. The van der Waals surface area contributed by atoms with Gasteiger partial charge in [-0.1, -0.05) is 24.3 Å². The molecule has 3 N–H and O–H groups in total. The third kappa shape index (κ3) is 4.10. The van der Waals surface area contributed by atoms with E-state index in [1.807, 2.05) is 49.0 Å². The highest BCUT2D eigenvalue weighted by Gasteiger charge is 2.15. The normalized spacial score (nSPS) is 15.2. The predicted octanol–water partition coefficient (Wildman–Crippen LogP) is 3.38. The summed E-state index contributed by atoms with van der Waals surface area (Å²) in [6.45, 7) is 4.99. The van der Waals surface area contributed by atoms with E-state index >= 15 is 0 Å². The van der Waals surface area contributed by atoms with Gasteiger partial charge in [0.05, 0.1) is 0 Å². The van der Waals surface area contributed by atoms with E-state index in [9.17, 15) is 4.79 Å². The highest BCUT2D eigenvalue weighted by molar-refractivity contribution is 7.99. The SMILES string of the molecule is Cc1ccc(N)cc1C(=O)Nc1ccccc1CN1CCSCC1. The molecule has 1 aliphatic heterocycles. The molecule has 0 radical (unpaired) electrons. The molecule has 1 saturated heterocycles. The summed E-state index contributed by atoms with van der Waals surface area (Å²) in [5.74, 6) is 2.25. The number of aryl methyl sites for hydroxylation is 1. The molecule has 0 unspecified atom stereocenters. The molecular weight excluding hydrogens is 318 g/mol. The zero-order valence-corrected chi connectivity index (χ0v) is 14.7. The Kier molecular flexibility index (Phi) is 5.43. The maximum Gasteiger partial charge on any atom is 0.256 e. The lowest BCUT2D eigenvalue weighted by Crippen LogP contribution is -2.32. The van der Waals surface area contributed by atoms with Crippen molar-refractivity contribution in [2.75, 3.05) is 35.6 Å². The van der Waals surface area contributed by atoms with Gasteiger partial charge in [0.15, 0.2) is 0 Å². The molecule has 0 atom stereocenters. The second-order valence-electron chi connectivity index (χ2n) is 6.07. The van der Waals surface area contributed by atoms with Gasteiger partial charge in [0.25, 0.3) is 5.91 Å². The van der Waals surface area contributed by atoms with Crippen LogP contribution in [-0.4, -0.2) is 35.4 Å². The van der Waals surface area contributed by atoms with Gasteiger partial charge < -0.3 is 11.1 Å². The van der Waals surface area contributed by atoms with Gasteiger partial charge in [-0.05, 0) is 36.2 Å². The number of benzene rings is 2. The predicted molar refractivity (Wildman–Crippen MR) is 103 cm³/mol. The van der Waals surface area contributed by atoms with E-state index in [0.29, 0.717) is 11.3 Å². The molecule has 4 nitrogen and oxygen atoms in total. The summed E-state index contributed by atoms with van der Waals surface area (Å²) in [6.07, 6.45) is 0. The van der Waals surface area contributed by atoms with E-state index < -0.39 is 0 Å². The monoisotopic (exact) mass is 341 g/mol. The van der Waals surface area contributed by atoms with Crippen LogP contribution in [0.3, 0.4) is 0 Å². The molecule has 0 aliphatic carbocycles. The molecule has 0 bridgehead atoms. The molecule has 0 aromatic heterocycles. The lowest BCUT2D eigenvalue weighted by atomic mass is 10.1. The average molecular weight is 341 g/mol. The van der Waals surface area contributed by atoms with Crippen molar-refractivity contribution in [2.24, 2.45) is 0 Å². The van der Waals surface area contributed by atoms with E-state index in [0.717, 1.165) is 36.4 Å². The Morgan fingerprint density at radius 3 is 2.75 bits per heavy atom. The minimum Gasteiger partial charge on any atom is -0.399 e. The molecule has 1 amide bonds. The zero-order valence-electron chi connectivity index (χ0n) is 13.9. The van der Waals surface area contributed by atoms with Gasteiger partial charge in [0.2, 0.25) is 0 Å². The van der Waals surface area contributed by atoms with Crippen molar-refractivity contribution in [2.45, 2.75) is 13.5 Å². The Morgan fingerprint density at radius 2 is 1.96 bits per heavy atom.